The summed E-state index contributed by atoms with van der Waals surface area (Å²) in [5.41, 5.74) is 1.27. The van der Waals surface area contributed by atoms with E-state index >= 15 is 0 Å². The van der Waals surface area contributed by atoms with Crippen molar-refractivity contribution in [3.63, 3.8) is 0 Å². The number of hydrogen-bond acceptors (Lipinski definition) is 4. The normalized spacial score (nSPS) is 11.3. The van der Waals surface area contributed by atoms with Crippen LogP contribution in [-0.4, -0.2) is 50.8 Å². The Morgan fingerprint density at radius 3 is 2.48 bits per heavy atom. The smallest absolute Gasteiger partial charge is 0.305 e. The molecule has 0 aliphatic rings. The van der Waals surface area contributed by atoms with Gasteiger partial charge in [0, 0.05) is 38.5 Å². The molecule has 0 unspecified atom stereocenters. The van der Waals surface area contributed by atoms with Crippen LogP contribution in [-0.2, 0) is 16.1 Å². The Morgan fingerprint density at radius 1 is 1.20 bits per heavy atom. The zero-order valence-electron chi connectivity index (χ0n) is 15.9. The van der Waals surface area contributed by atoms with E-state index in [4.69, 9.17) is 0 Å². The minimum atomic E-state index is -0.120. The summed E-state index contributed by atoms with van der Waals surface area (Å²) in [4.78, 5) is 18.8. The van der Waals surface area contributed by atoms with Gasteiger partial charge in [-0.15, -0.1) is 11.8 Å². The van der Waals surface area contributed by atoms with Crippen LogP contribution in [0.1, 0.15) is 37.7 Å². The van der Waals surface area contributed by atoms with Crippen molar-refractivity contribution in [3.8, 4) is 0 Å². The van der Waals surface area contributed by atoms with Crippen LogP contribution in [0, 0.1) is 0 Å². The van der Waals surface area contributed by atoms with Crippen molar-refractivity contribution >= 4 is 23.7 Å². The molecular formula is C19H31N3O2S. The number of methoxy groups -OCH3 is 1. The van der Waals surface area contributed by atoms with E-state index < -0.39 is 0 Å². The predicted molar refractivity (Wildman–Crippen MR) is 106 cm³/mol. The van der Waals surface area contributed by atoms with Gasteiger partial charge in [0.2, 0.25) is 0 Å². The number of nitrogens with zero attached hydrogens (tertiary/aromatic N) is 2. The number of unbranched alkanes of at least 4 members (excludes halogenated alkanes) is 3. The number of aliphatic imine (C=N–C) groups is 1. The number of hydrogen-bond donors (Lipinski definition) is 1. The van der Waals surface area contributed by atoms with E-state index in [1.165, 1.54) is 17.6 Å². The standard InChI is InChI=1S/C19H31N3O2S/c1-20-19(21-14-8-6-5-7-9-18(23)24-3)22(2)15-16-10-12-17(25-4)13-11-16/h10-13H,5-9,14-15H2,1-4H3,(H,20,21). The van der Waals surface area contributed by atoms with Crippen LogP contribution in [0.2, 0.25) is 0 Å². The number of esters is 1. The first-order valence-electron chi connectivity index (χ1n) is 8.72. The summed E-state index contributed by atoms with van der Waals surface area (Å²) in [6.45, 7) is 1.72. The molecule has 0 aliphatic carbocycles. The second kappa shape index (κ2) is 12.6. The lowest BCUT2D eigenvalue weighted by Gasteiger charge is -2.22. The van der Waals surface area contributed by atoms with Crippen molar-refractivity contribution in [2.75, 3.05) is 34.0 Å². The van der Waals surface area contributed by atoms with Gasteiger partial charge in [-0.1, -0.05) is 25.0 Å². The van der Waals surface area contributed by atoms with Crippen LogP contribution in [0.15, 0.2) is 34.2 Å². The van der Waals surface area contributed by atoms with Crippen LogP contribution in [0.4, 0.5) is 0 Å². The van der Waals surface area contributed by atoms with Gasteiger partial charge in [-0.3, -0.25) is 9.79 Å². The third kappa shape index (κ3) is 8.82. The number of guanidine groups is 1. The Morgan fingerprint density at radius 2 is 1.88 bits per heavy atom. The summed E-state index contributed by atoms with van der Waals surface area (Å²) in [5, 5.41) is 3.40. The van der Waals surface area contributed by atoms with Gasteiger partial charge in [0.05, 0.1) is 7.11 Å². The van der Waals surface area contributed by atoms with Gasteiger partial charge in [-0.25, -0.2) is 0 Å². The van der Waals surface area contributed by atoms with Crippen LogP contribution in [0.25, 0.3) is 0 Å². The highest BCUT2D eigenvalue weighted by Gasteiger charge is 2.06. The molecule has 0 saturated heterocycles. The lowest BCUT2D eigenvalue weighted by molar-refractivity contribution is -0.140. The lowest BCUT2D eigenvalue weighted by Crippen LogP contribution is -2.38. The average Bonchev–Trinajstić information content (AvgIpc) is 2.64. The summed E-state index contributed by atoms with van der Waals surface area (Å²) in [5.74, 6) is 0.786. The third-order valence-corrected chi connectivity index (χ3v) is 4.71. The number of benzene rings is 1. The van der Waals surface area contributed by atoms with Gasteiger partial charge < -0.3 is 15.0 Å². The molecule has 0 radical (unpaired) electrons. The van der Waals surface area contributed by atoms with Crippen molar-refractivity contribution in [2.45, 2.75) is 43.5 Å². The molecule has 5 nitrogen and oxygen atoms in total. The minimum absolute atomic E-state index is 0.120. The Labute approximate surface area is 156 Å². The summed E-state index contributed by atoms with van der Waals surface area (Å²) in [7, 11) is 5.30. The van der Waals surface area contributed by atoms with Crippen LogP contribution in [0.3, 0.4) is 0 Å². The Kier molecular flexibility index (Phi) is 10.8. The number of carbonyl (C=O) groups excluding carboxylic acids is 1. The lowest BCUT2D eigenvalue weighted by atomic mass is 10.1. The van der Waals surface area contributed by atoms with Crippen LogP contribution < -0.4 is 5.32 Å². The first-order chi connectivity index (χ1) is 12.1. The van der Waals surface area contributed by atoms with Gasteiger partial charge in [0.15, 0.2) is 5.96 Å². The molecule has 1 aromatic rings. The predicted octanol–water partition coefficient (Wildman–Crippen LogP) is 3.54. The summed E-state index contributed by atoms with van der Waals surface area (Å²) >= 11 is 1.75. The van der Waals surface area contributed by atoms with Gasteiger partial charge in [0.1, 0.15) is 0 Å². The van der Waals surface area contributed by atoms with Crippen molar-refractivity contribution < 1.29 is 9.53 Å². The highest BCUT2D eigenvalue weighted by Crippen LogP contribution is 2.15. The second-order valence-electron chi connectivity index (χ2n) is 5.92. The van der Waals surface area contributed by atoms with E-state index in [2.05, 4.69) is 50.5 Å². The molecular weight excluding hydrogens is 334 g/mol. The van der Waals surface area contributed by atoms with Crippen molar-refractivity contribution in [2.24, 2.45) is 4.99 Å². The maximum atomic E-state index is 11.0. The highest BCUT2D eigenvalue weighted by molar-refractivity contribution is 7.98. The molecule has 0 amide bonds. The summed E-state index contributed by atoms with van der Waals surface area (Å²) in [6, 6.07) is 8.63. The van der Waals surface area contributed by atoms with Gasteiger partial charge in [0.25, 0.3) is 0 Å². The minimum Gasteiger partial charge on any atom is -0.469 e. The molecule has 0 atom stereocenters. The van der Waals surface area contributed by atoms with E-state index in [0.29, 0.717) is 6.42 Å². The zero-order chi connectivity index (χ0) is 18.5. The molecule has 1 N–H and O–H groups in total. The monoisotopic (exact) mass is 365 g/mol. The molecule has 1 rings (SSSR count). The largest absolute Gasteiger partial charge is 0.469 e. The molecule has 0 aromatic heterocycles. The van der Waals surface area contributed by atoms with E-state index in [1.807, 2.05) is 14.1 Å². The fourth-order valence-corrected chi connectivity index (χ4v) is 2.92. The van der Waals surface area contributed by atoms with Gasteiger partial charge in [-0.2, -0.15) is 0 Å². The quantitative estimate of drug-likeness (QED) is 0.226. The van der Waals surface area contributed by atoms with E-state index in [9.17, 15) is 4.79 Å². The number of thioether (sulfide) groups is 1. The first-order valence-corrected chi connectivity index (χ1v) is 9.94. The van der Waals surface area contributed by atoms with Crippen molar-refractivity contribution in [3.05, 3.63) is 29.8 Å². The molecule has 0 heterocycles. The highest BCUT2D eigenvalue weighted by atomic mass is 32.2. The van der Waals surface area contributed by atoms with Crippen molar-refractivity contribution in [1.82, 2.24) is 10.2 Å². The number of nitrogens with one attached hydrogen (secondary N) is 1. The molecule has 25 heavy (non-hydrogen) atoms. The van der Waals surface area contributed by atoms with E-state index in [-0.39, 0.29) is 5.97 Å². The number of ether oxygens (including phenoxy) is 1. The Hall–Kier alpha value is -1.69. The average molecular weight is 366 g/mol. The van der Waals surface area contributed by atoms with Gasteiger partial charge >= 0.3 is 5.97 Å². The summed E-state index contributed by atoms with van der Waals surface area (Å²) < 4.78 is 4.64. The molecule has 0 bridgehead atoms. The maximum absolute atomic E-state index is 11.0. The SMILES string of the molecule is CN=C(NCCCCCCC(=O)OC)N(C)Cc1ccc(SC)cc1. The Bertz CT molecular complexity index is 532. The molecule has 6 heteroatoms. The first kappa shape index (κ1) is 21.4. The summed E-state index contributed by atoms with van der Waals surface area (Å²) in [6.07, 6.45) is 6.71. The number of carbonyl (C=O) groups is 1. The van der Waals surface area contributed by atoms with Crippen LogP contribution in [0.5, 0.6) is 0 Å². The molecule has 0 aliphatic heterocycles. The fraction of sp³-hybridized carbons (Fsp3) is 0.579. The Balaban J connectivity index is 2.25. The molecule has 0 fully saturated rings. The fourth-order valence-electron chi connectivity index (χ4n) is 2.51. The molecule has 1 aromatic carbocycles. The van der Waals surface area contributed by atoms with E-state index in [1.54, 1.807) is 11.8 Å². The van der Waals surface area contributed by atoms with Gasteiger partial charge in [-0.05, 0) is 36.8 Å². The molecule has 0 saturated carbocycles. The third-order valence-electron chi connectivity index (χ3n) is 3.97. The van der Waals surface area contributed by atoms with E-state index in [0.717, 1.165) is 44.7 Å². The maximum Gasteiger partial charge on any atom is 0.305 e. The van der Waals surface area contributed by atoms with Crippen molar-refractivity contribution in [1.29, 1.82) is 0 Å². The zero-order valence-corrected chi connectivity index (χ0v) is 16.7. The second-order valence-corrected chi connectivity index (χ2v) is 6.80. The topological polar surface area (TPSA) is 53.9 Å². The van der Waals surface area contributed by atoms with Crippen LogP contribution >= 0.6 is 11.8 Å². The number of rotatable bonds is 10. The molecule has 140 valence electrons. The molecule has 0 spiro atoms.